The van der Waals surface area contributed by atoms with Gasteiger partial charge in [-0.05, 0) is 42.5 Å². The number of aromatic nitrogens is 3. The van der Waals surface area contributed by atoms with E-state index in [1.54, 1.807) is 24.3 Å². The molecule has 3 aromatic rings. The van der Waals surface area contributed by atoms with Crippen molar-refractivity contribution in [3.05, 3.63) is 70.0 Å². The molecule has 2 N–H and O–H groups in total. The van der Waals surface area contributed by atoms with Crippen molar-refractivity contribution in [2.75, 3.05) is 6.54 Å². The summed E-state index contributed by atoms with van der Waals surface area (Å²) in [5.41, 5.74) is 0.934. The molecule has 1 heterocycles. The number of hydrogen-bond acceptors (Lipinski definition) is 3. The third kappa shape index (κ3) is 4.27. The van der Waals surface area contributed by atoms with Crippen LogP contribution in [0.4, 0.5) is 8.78 Å². The Kier molecular flexibility index (Phi) is 5.18. The Morgan fingerprint density at radius 3 is 2.60 bits per heavy atom. The Morgan fingerprint density at radius 1 is 1.12 bits per heavy atom. The Labute approximate surface area is 150 Å². The van der Waals surface area contributed by atoms with Crippen LogP contribution in [0.15, 0.2) is 46.9 Å². The van der Waals surface area contributed by atoms with E-state index < -0.39 is 11.6 Å². The molecule has 0 atom stereocenters. The molecule has 5 nitrogen and oxygen atoms in total. The van der Waals surface area contributed by atoms with E-state index in [0.717, 1.165) is 16.6 Å². The zero-order chi connectivity index (χ0) is 17.8. The van der Waals surface area contributed by atoms with E-state index in [9.17, 15) is 13.6 Å². The third-order valence-corrected chi connectivity index (χ3v) is 3.99. The highest BCUT2D eigenvalue weighted by Crippen LogP contribution is 2.17. The number of carbonyl (C=O) groups excluding carboxylic acids is 1. The first-order chi connectivity index (χ1) is 12.0. The fraction of sp³-hybridized carbons (Fsp3) is 0.118. The molecule has 0 fully saturated rings. The molecule has 0 spiro atoms. The van der Waals surface area contributed by atoms with Gasteiger partial charge in [0.1, 0.15) is 5.82 Å². The Bertz CT molecular complexity index is 896. The van der Waals surface area contributed by atoms with E-state index in [1.807, 2.05) is 0 Å². The van der Waals surface area contributed by atoms with Crippen LogP contribution in [0, 0.1) is 11.6 Å². The average Bonchev–Trinajstić information content (AvgIpc) is 3.07. The van der Waals surface area contributed by atoms with Gasteiger partial charge in [0, 0.05) is 28.6 Å². The average molecular weight is 407 g/mol. The maximum absolute atomic E-state index is 13.3. The number of nitrogens with one attached hydrogen (secondary N) is 2. The van der Waals surface area contributed by atoms with Crippen molar-refractivity contribution in [1.82, 2.24) is 20.5 Å². The molecular formula is C17H13BrF2N4O. The second-order valence-corrected chi connectivity index (χ2v) is 6.16. The smallest absolute Gasteiger partial charge is 0.251 e. The van der Waals surface area contributed by atoms with Gasteiger partial charge >= 0.3 is 0 Å². The molecule has 3 rings (SSSR count). The minimum Gasteiger partial charge on any atom is -0.352 e. The zero-order valence-electron chi connectivity index (χ0n) is 12.9. The number of halogens is 3. The number of H-pyrrole nitrogens is 1. The lowest BCUT2D eigenvalue weighted by Gasteiger charge is -2.03. The second-order valence-electron chi connectivity index (χ2n) is 5.25. The van der Waals surface area contributed by atoms with Crippen LogP contribution in [0.5, 0.6) is 0 Å². The molecule has 0 aliphatic heterocycles. The van der Waals surface area contributed by atoms with Crippen molar-refractivity contribution < 1.29 is 13.6 Å². The number of rotatable bonds is 5. The van der Waals surface area contributed by atoms with Gasteiger partial charge in [0.25, 0.3) is 5.91 Å². The van der Waals surface area contributed by atoms with E-state index in [1.165, 1.54) is 6.07 Å². The van der Waals surface area contributed by atoms with Gasteiger partial charge in [-0.2, -0.15) is 5.10 Å². The highest BCUT2D eigenvalue weighted by Gasteiger charge is 2.10. The largest absolute Gasteiger partial charge is 0.352 e. The van der Waals surface area contributed by atoms with Crippen molar-refractivity contribution in [3.8, 4) is 11.4 Å². The molecule has 0 saturated carbocycles. The molecule has 0 aliphatic rings. The van der Waals surface area contributed by atoms with Crippen LogP contribution in [0.2, 0.25) is 0 Å². The first kappa shape index (κ1) is 17.2. The lowest BCUT2D eigenvalue weighted by Crippen LogP contribution is -2.25. The summed E-state index contributed by atoms with van der Waals surface area (Å²) in [6.07, 6.45) is 0.430. The lowest BCUT2D eigenvalue weighted by atomic mass is 10.2. The monoisotopic (exact) mass is 406 g/mol. The van der Waals surface area contributed by atoms with E-state index in [-0.39, 0.29) is 11.7 Å². The summed E-state index contributed by atoms with van der Waals surface area (Å²) in [4.78, 5) is 16.2. The topological polar surface area (TPSA) is 70.7 Å². The van der Waals surface area contributed by atoms with Gasteiger partial charge in [-0.25, -0.2) is 13.8 Å². The van der Waals surface area contributed by atoms with Crippen molar-refractivity contribution >= 4 is 21.8 Å². The summed E-state index contributed by atoms with van der Waals surface area (Å²) in [6, 6.07) is 10.5. The predicted molar refractivity (Wildman–Crippen MR) is 91.9 cm³/mol. The fourth-order valence-corrected chi connectivity index (χ4v) is 2.43. The predicted octanol–water partition coefficient (Wildman–Crippen LogP) is 3.48. The molecule has 8 heteroatoms. The lowest BCUT2D eigenvalue weighted by molar-refractivity contribution is 0.0954. The number of carbonyl (C=O) groups is 1. The number of benzene rings is 2. The molecule has 1 amide bonds. The maximum atomic E-state index is 13.3. The molecule has 2 aromatic carbocycles. The standard InChI is InChI=1S/C17H13BrF2N4O/c18-12-4-1-10(2-5-12)17(25)21-8-7-15-22-16(24-23-15)11-3-6-13(19)14(20)9-11/h1-6,9H,7-8H2,(H,21,25)(H,22,23,24). The third-order valence-electron chi connectivity index (χ3n) is 3.46. The molecule has 25 heavy (non-hydrogen) atoms. The van der Waals surface area contributed by atoms with Gasteiger partial charge in [-0.3, -0.25) is 9.89 Å². The molecule has 0 bridgehead atoms. The van der Waals surface area contributed by atoms with Crippen molar-refractivity contribution in [1.29, 1.82) is 0 Å². The Morgan fingerprint density at radius 2 is 1.88 bits per heavy atom. The van der Waals surface area contributed by atoms with Gasteiger partial charge in [0.2, 0.25) is 0 Å². The first-order valence-electron chi connectivity index (χ1n) is 7.43. The molecule has 0 saturated heterocycles. The molecule has 1 aromatic heterocycles. The van der Waals surface area contributed by atoms with Crippen LogP contribution in [-0.4, -0.2) is 27.6 Å². The van der Waals surface area contributed by atoms with Gasteiger partial charge in [-0.1, -0.05) is 15.9 Å². The zero-order valence-corrected chi connectivity index (χ0v) is 14.5. The van der Waals surface area contributed by atoms with Crippen LogP contribution < -0.4 is 5.32 Å². The van der Waals surface area contributed by atoms with E-state index >= 15 is 0 Å². The van der Waals surface area contributed by atoms with Gasteiger partial charge < -0.3 is 5.32 Å². The minimum atomic E-state index is -0.953. The number of nitrogens with zero attached hydrogens (tertiary/aromatic N) is 2. The molecule has 128 valence electrons. The summed E-state index contributed by atoms with van der Waals surface area (Å²) < 4.78 is 27.1. The number of hydrogen-bond donors (Lipinski definition) is 2. The number of amides is 1. The first-order valence-corrected chi connectivity index (χ1v) is 8.23. The van der Waals surface area contributed by atoms with Gasteiger partial charge in [0.05, 0.1) is 0 Å². The summed E-state index contributed by atoms with van der Waals surface area (Å²) in [5.74, 6) is -1.25. The van der Waals surface area contributed by atoms with Crippen LogP contribution in [0.3, 0.4) is 0 Å². The normalized spacial score (nSPS) is 10.7. The van der Waals surface area contributed by atoms with Crippen molar-refractivity contribution in [2.45, 2.75) is 6.42 Å². The molecule has 0 radical (unpaired) electrons. The van der Waals surface area contributed by atoms with Gasteiger partial charge in [-0.15, -0.1) is 0 Å². The quantitative estimate of drug-likeness (QED) is 0.681. The van der Waals surface area contributed by atoms with Crippen molar-refractivity contribution in [2.24, 2.45) is 0 Å². The highest BCUT2D eigenvalue weighted by molar-refractivity contribution is 9.10. The SMILES string of the molecule is O=C(NCCc1nc(-c2ccc(F)c(F)c2)n[nH]1)c1ccc(Br)cc1. The number of aromatic amines is 1. The molecule has 0 unspecified atom stereocenters. The Hall–Kier alpha value is -2.61. The summed E-state index contributed by atoms with van der Waals surface area (Å²) in [7, 11) is 0. The van der Waals surface area contributed by atoms with Gasteiger partial charge in [0.15, 0.2) is 17.5 Å². The molecular weight excluding hydrogens is 394 g/mol. The van der Waals surface area contributed by atoms with Crippen molar-refractivity contribution in [3.63, 3.8) is 0 Å². The van der Waals surface area contributed by atoms with E-state index in [0.29, 0.717) is 29.9 Å². The van der Waals surface area contributed by atoms with Crippen LogP contribution in [0.25, 0.3) is 11.4 Å². The Balaban J connectivity index is 1.57. The van der Waals surface area contributed by atoms with Crippen LogP contribution >= 0.6 is 15.9 Å². The van der Waals surface area contributed by atoms with E-state index in [2.05, 4.69) is 36.4 Å². The summed E-state index contributed by atoms with van der Waals surface area (Å²) in [5, 5.41) is 9.49. The fourth-order valence-electron chi connectivity index (χ4n) is 2.17. The van der Waals surface area contributed by atoms with Crippen LogP contribution in [-0.2, 0) is 6.42 Å². The second kappa shape index (κ2) is 7.52. The van der Waals surface area contributed by atoms with Crippen LogP contribution in [0.1, 0.15) is 16.2 Å². The summed E-state index contributed by atoms with van der Waals surface area (Å²) >= 11 is 3.31. The van der Waals surface area contributed by atoms with E-state index in [4.69, 9.17) is 0 Å². The highest BCUT2D eigenvalue weighted by atomic mass is 79.9. The summed E-state index contributed by atoms with van der Waals surface area (Å²) in [6.45, 7) is 0.362. The maximum Gasteiger partial charge on any atom is 0.251 e. The molecule has 0 aliphatic carbocycles. The minimum absolute atomic E-state index is 0.187.